The van der Waals surface area contributed by atoms with Crippen LogP contribution in [-0.4, -0.2) is 28.2 Å². The number of carbonyl (C=O) groups excluding carboxylic acids is 1. The van der Waals surface area contributed by atoms with Crippen molar-refractivity contribution in [2.45, 2.75) is 55.2 Å². The van der Waals surface area contributed by atoms with Crippen molar-refractivity contribution < 1.29 is 4.79 Å². The maximum atomic E-state index is 13.1. The van der Waals surface area contributed by atoms with Crippen molar-refractivity contribution in [2.75, 3.05) is 5.75 Å². The van der Waals surface area contributed by atoms with E-state index in [0.717, 1.165) is 50.0 Å². The van der Waals surface area contributed by atoms with E-state index in [0.29, 0.717) is 5.92 Å². The second-order valence-electron chi connectivity index (χ2n) is 7.42. The van der Waals surface area contributed by atoms with Gasteiger partial charge in [-0.15, -0.1) is 18.2 Å². The lowest BCUT2D eigenvalue weighted by molar-refractivity contribution is -0.127. The highest BCUT2D eigenvalue weighted by molar-refractivity contribution is 8.01. The van der Waals surface area contributed by atoms with Gasteiger partial charge in [0.1, 0.15) is 5.54 Å². The molecular weight excluding hydrogens is 316 g/mol. The van der Waals surface area contributed by atoms with Crippen LogP contribution in [0.1, 0.15) is 44.9 Å². The van der Waals surface area contributed by atoms with Crippen LogP contribution in [-0.2, 0) is 4.79 Å². The van der Waals surface area contributed by atoms with Crippen LogP contribution in [0.2, 0.25) is 0 Å². The Labute approximate surface area is 148 Å². The van der Waals surface area contributed by atoms with Gasteiger partial charge in [-0.05, 0) is 37.7 Å². The Bertz CT molecular complexity index is 666. The normalized spacial score (nSPS) is 36.2. The van der Waals surface area contributed by atoms with Crippen molar-refractivity contribution in [3.8, 4) is 12.3 Å². The minimum atomic E-state index is -0.413. The molecule has 2 aliphatic heterocycles. The molecule has 4 rings (SSSR count). The summed E-state index contributed by atoms with van der Waals surface area (Å²) in [7, 11) is 0. The zero-order valence-electron chi connectivity index (χ0n) is 14.0. The van der Waals surface area contributed by atoms with E-state index in [1.54, 1.807) is 0 Å². The summed E-state index contributed by atoms with van der Waals surface area (Å²) < 4.78 is 0.00137. The van der Waals surface area contributed by atoms with Gasteiger partial charge in [-0.25, -0.2) is 0 Å². The molecule has 24 heavy (non-hydrogen) atoms. The molecule has 1 saturated heterocycles. The average molecular weight is 340 g/mol. The van der Waals surface area contributed by atoms with Gasteiger partial charge in [-0.3, -0.25) is 9.79 Å². The monoisotopic (exact) mass is 340 g/mol. The molecule has 0 bridgehead atoms. The molecule has 3 atom stereocenters. The van der Waals surface area contributed by atoms with Crippen LogP contribution in [0.25, 0.3) is 0 Å². The van der Waals surface area contributed by atoms with E-state index >= 15 is 0 Å². The second kappa shape index (κ2) is 6.11. The van der Waals surface area contributed by atoms with Crippen LogP contribution < -0.4 is 5.32 Å². The largest absolute Gasteiger partial charge is 0.340 e. The molecule has 0 aromatic heterocycles. The summed E-state index contributed by atoms with van der Waals surface area (Å²) in [5.74, 6) is 4.30. The molecule has 4 heteroatoms. The zero-order chi connectivity index (χ0) is 16.6. The number of nitrogens with one attached hydrogen (secondary N) is 1. The van der Waals surface area contributed by atoms with Crippen LogP contribution in [0.15, 0.2) is 28.9 Å². The molecule has 2 heterocycles. The Morgan fingerprint density at radius 1 is 1.38 bits per heavy atom. The van der Waals surface area contributed by atoms with Gasteiger partial charge in [0.05, 0.1) is 16.4 Å². The van der Waals surface area contributed by atoms with E-state index in [1.807, 2.05) is 18.0 Å². The van der Waals surface area contributed by atoms with Crippen LogP contribution in [0.4, 0.5) is 0 Å². The number of nitrogens with zero attached hydrogens (tertiary/aromatic N) is 1. The molecule has 4 aliphatic rings. The number of rotatable bonds is 2. The molecule has 1 amide bonds. The van der Waals surface area contributed by atoms with Crippen LogP contribution >= 0.6 is 11.8 Å². The first kappa shape index (κ1) is 16.0. The molecule has 1 saturated carbocycles. The molecule has 3 unspecified atom stereocenters. The van der Waals surface area contributed by atoms with Crippen molar-refractivity contribution in [1.29, 1.82) is 0 Å². The number of aliphatic imine (C=N–C) groups is 1. The fourth-order valence-corrected chi connectivity index (χ4v) is 6.55. The molecule has 2 fully saturated rings. The summed E-state index contributed by atoms with van der Waals surface area (Å²) in [5.41, 5.74) is 0.731. The third kappa shape index (κ3) is 2.45. The number of terminal acetylenes is 1. The third-order valence-electron chi connectivity index (χ3n) is 6.12. The molecule has 2 aliphatic carbocycles. The summed E-state index contributed by atoms with van der Waals surface area (Å²) in [6.07, 6.45) is 21.4. The van der Waals surface area contributed by atoms with Gasteiger partial charge in [-0.2, -0.15) is 0 Å². The van der Waals surface area contributed by atoms with Gasteiger partial charge in [0.25, 0.3) is 0 Å². The number of thioether (sulfide) groups is 1. The van der Waals surface area contributed by atoms with E-state index in [9.17, 15) is 4.79 Å². The van der Waals surface area contributed by atoms with Gasteiger partial charge in [0.2, 0.25) is 5.91 Å². The Morgan fingerprint density at radius 3 is 3.00 bits per heavy atom. The topological polar surface area (TPSA) is 41.5 Å². The minimum Gasteiger partial charge on any atom is -0.340 e. The maximum Gasteiger partial charge on any atom is 0.225 e. The Balaban J connectivity index is 1.54. The number of carbonyl (C=O) groups is 1. The predicted octanol–water partition coefficient (Wildman–Crippen LogP) is 3.48. The molecular formula is C20H24N2OS. The predicted molar refractivity (Wildman–Crippen MR) is 99.9 cm³/mol. The Kier molecular flexibility index (Phi) is 4.08. The highest BCUT2D eigenvalue weighted by atomic mass is 32.2. The summed E-state index contributed by atoms with van der Waals surface area (Å²) >= 11 is 1.92. The van der Waals surface area contributed by atoms with Crippen molar-refractivity contribution in [3.05, 3.63) is 23.9 Å². The van der Waals surface area contributed by atoms with E-state index in [4.69, 9.17) is 6.42 Å². The summed E-state index contributed by atoms with van der Waals surface area (Å²) in [5, 5.41) is 3.28. The lowest BCUT2D eigenvalue weighted by atomic mass is 9.73. The summed E-state index contributed by atoms with van der Waals surface area (Å²) in [4.78, 5) is 17.7. The van der Waals surface area contributed by atoms with E-state index in [2.05, 4.69) is 34.5 Å². The highest BCUT2D eigenvalue weighted by Crippen LogP contribution is 2.57. The average Bonchev–Trinajstić information content (AvgIpc) is 3.00. The van der Waals surface area contributed by atoms with Crippen molar-refractivity contribution in [1.82, 2.24) is 5.32 Å². The number of hydrogen-bond donors (Lipinski definition) is 1. The summed E-state index contributed by atoms with van der Waals surface area (Å²) in [6.45, 7) is 0. The zero-order valence-corrected chi connectivity index (χ0v) is 14.8. The standard InChI is InChI=1S/C20H24N2OS/c1-2-19(10-5-3-6-11-19)22-18(23)15-14-24-20-12-7-4-8-17(20)21-13-9-16(15)20/h1,4,7-8,13,15-16H,3,5-6,9-12,14H2,(H,22,23). The molecule has 0 aromatic rings. The number of hydrogen-bond acceptors (Lipinski definition) is 3. The van der Waals surface area contributed by atoms with Gasteiger partial charge in [0, 0.05) is 12.0 Å². The van der Waals surface area contributed by atoms with Crippen LogP contribution in [0, 0.1) is 24.2 Å². The molecule has 1 N–H and O–H groups in total. The first-order valence-electron chi connectivity index (χ1n) is 9.03. The third-order valence-corrected chi connectivity index (χ3v) is 7.84. The van der Waals surface area contributed by atoms with E-state index in [1.165, 1.54) is 6.42 Å². The molecule has 1 spiro atoms. The van der Waals surface area contributed by atoms with Crippen molar-refractivity contribution >= 4 is 23.9 Å². The fourth-order valence-electron chi connectivity index (χ4n) is 4.73. The first-order valence-corrected chi connectivity index (χ1v) is 10.0. The fraction of sp³-hybridized carbons (Fsp3) is 0.600. The van der Waals surface area contributed by atoms with Gasteiger partial charge in [-0.1, -0.05) is 37.3 Å². The summed E-state index contributed by atoms with van der Waals surface area (Å²) in [6, 6.07) is 0. The van der Waals surface area contributed by atoms with Gasteiger partial charge < -0.3 is 5.32 Å². The lowest BCUT2D eigenvalue weighted by Crippen LogP contribution is -2.52. The highest BCUT2D eigenvalue weighted by Gasteiger charge is 2.55. The number of allylic oxidation sites excluding steroid dienone is 3. The molecule has 126 valence electrons. The number of amides is 1. The van der Waals surface area contributed by atoms with Crippen molar-refractivity contribution in [2.24, 2.45) is 16.8 Å². The minimum absolute atomic E-state index is 0.00137. The smallest absolute Gasteiger partial charge is 0.225 e. The Morgan fingerprint density at radius 2 is 2.21 bits per heavy atom. The first-order chi connectivity index (χ1) is 11.7. The van der Waals surface area contributed by atoms with Crippen molar-refractivity contribution in [3.63, 3.8) is 0 Å². The van der Waals surface area contributed by atoms with Gasteiger partial charge in [0.15, 0.2) is 0 Å². The molecule has 0 aromatic carbocycles. The maximum absolute atomic E-state index is 13.1. The Hall–Kier alpha value is -1.47. The van der Waals surface area contributed by atoms with E-state index in [-0.39, 0.29) is 16.6 Å². The molecule has 3 nitrogen and oxygen atoms in total. The quantitative estimate of drug-likeness (QED) is 0.782. The SMILES string of the molecule is C#CC1(NC(=O)C2CSC34CC=CC=C3N=CCC24)CCCCC1. The second-order valence-corrected chi connectivity index (χ2v) is 8.77. The van der Waals surface area contributed by atoms with E-state index < -0.39 is 5.54 Å². The molecule has 0 radical (unpaired) electrons. The van der Waals surface area contributed by atoms with Gasteiger partial charge >= 0.3 is 0 Å². The lowest BCUT2D eigenvalue weighted by Gasteiger charge is -2.40. The van der Waals surface area contributed by atoms with Crippen LogP contribution in [0.5, 0.6) is 0 Å². The van der Waals surface area contributed by atoms with Crippen LogP contribution in [0.3, 0.4) is 0 Å².